The van der Waals surface area contributed by atoms with E-state index in [2.05, 4.69) is 10.6 Å². The SMILES string of the molecule is CS(=O)(=O)c1ccccc1-c1ccc(NC(=O)CN(CCc2ccccc2)C(=O)Nc2ccc(Cl)cc2)c(F)c1. The molecular formula is C30H27ClFN3O4S. The molecule has 0 heterocycles. The van der Waals surface area contributed by atoms with Gasteiger partial charge in [-0.3, -0.25) is 4.79 Å². The molecule has 0 aromatic heterocycles. The fourth-order valence-electron chi connectivity index (χ4n) is 4.07. The average molecular weight is 580 g/mol. The fourth-order valence-corrected chi connectivity index (χ4v) is 5.11. The first-order valence-corrected chi connectivity index (χ1v) is 14.6. The summed E-state index contributed by atoms with van der Waals surface area (Å²) >= 11 is 5.93. The third-order valence-electron chi connectivity index (χ3n) is 6.07. The van der Waals surface area contributed by atoms with Crippen LogP contribution in [0, 0.1) is 5.82 Å². The van der Waals surface area contributed by atoms with Crippen LogP contribution >= 0.6 is 11.6 Å². The van der Waals surface area contributed by atoms with Crippen molar-refractivity contribution in [1.29, 1.82) is 0 Å². The number of hydrogen-bond donors (Lipinski definition) is 2. The summed E-state index contributed by atoms with van der Waals surface area (Å²) in [7, 11) is -3.54. The van der Waals surface area contributed by atoms with Gasteiger partial charge < -0.3 is 15.5 Å². The molecule has 4 aromatic rings. The van der Waals surface area contributed by atoms with Crippen LogP contribution in [0.3, 0.4) is 0 Å². The second kappa shape index (κ2) is 12.8. The van der Waals surface area contributed by atoms with E-state index in [9.17, 15) is 18.0 Å². The molecule has 0 radical (unpaired) electrons. The zero-order chi connectivity index (χ0) is 28.7. The van der Waals surface area contributed by atoms with E-state index in [4.69, 9.17) is 11.6 Å². The number of rotatable bonds is 9. The minimum absolute atomic E-state index is 0.0759. The molecule has 7 nitrogen and oxygen atoms in total. The van der Waals surface area contributed by atoms with Crippen LogP contribution in [-0.2, 0) is 21.1 Å². The van der Waals surface area contributed by atoms with E-state index in [0.717, 1.165) is 11.8 Å². The first-order chi connectivity index (χ1) is 19.1. The number of halogens is 2. The summed E-state index contributed by atoms with van der Waals surface area (Å²) in [6.45, 7) is -0.0923. The molecule has 0 aliphatic rings. The number of hydrogen-bond acceptors (Lipinski definition) is 4. The lowest BCUT2D eigenvalue weighted by molar-refractivity contribution is -0.116. The van der Waals surface area contributed by atoms with Gasteiger partial charge in [0.1, 0.15) is 12.4 Å². The van der Waals surface area contributed by atoms with E-state index in [-0.39, 0.29) is 23.7 Å². The molecular weight excluding hydrogens is 553 g/mol. The van der Waals surface area contributed by atoms with Crippen LogP contribution in [-0.4, -0.2) is 44.6 Å². The molecule has 206 valence electrons. The van der Waals surface area contributed by atoms with E-state index < -0.39 is 27.6 Å². The Kier molecular flexibility index (Phi) is 9.19. The Labute approximate surface area is 237 Å². The number of urea groups is 1. The number of nitrogens with one attached hydrogen (secondary N) is 2. The van der Waals surface area contributed by atoms with Crippen LogP contribution in [0.15, 0.2) is 102 Å². The lowest BCUT2D eigenvalue weighted by Gasteiger charge is -2.23. The number of carbonyl (C=O) groups excluding carboxylic acids is 2. The molecule has 0 atom stereocenters. The van der Waals surface area contributed by atoms with Crippen molar-refractivity contribution in [3.8, 4) is 11.1 Å². The Balaban J connectivity index is 1.49. The average Bonchev–Trinajstić information content (AvgIpc) is 2.93. The lowest BCUT2D eigenvalue weighted by atomic mass is 10.0. The quantitative estimate of drug-likeness (QED) is 0.244. The number of anilines is 2. The predicted molar refractivity (Wildman–Crippen MR) is 156 cm³/mol. The first kappa shape index (κ1) is 28.8. The first-order valence-electron chi connectivity index (χ1n) is 12.3. The molecule has 0 aliphatic heterocycles. The molecule has 3 amide bonds. The van der Waals surface area contributed by atoms with Gasteiger partial charge in [0, 0.05) is 29.1 Å². The number of carbonyl (C=O) groups is 2. The summed E-state index contributed by atoms with van der Waals surface area (Å²) in [5.74, 6) is -1.34. The van der Waals surface area contributed by atoms with Crippen molar-refractivity contribution in [2.45, 2.75) is 11.3 Å². The van der Waals surface area contributed by atoms with Crippen molar-refractivity contribution in [3.05, 3.63) is 113 Å². The highest BCUT2D eigenvalue weighted by atomic mass is 35.5. The summed E-state index contributed by atoms with van der Waals surface area (Å²) in [4.78, 5) is 27.4. The van der Waals surface area contributed by atoms with Gasteiger partial charge in [-0.15, -0.1) is 0 Å². The van der Waals surface area contributed by atoms with Crippen molar-refractivity contribution >= 4 is 44.8 Å². The highest BCUT2D eigenvalue weighted by Gasteiger charge is 2.20. The maximum Gasteiger partial charge on any atom is 0.322 e. The van der Waals surface area contributed by atoms with Gasteiger partial charge in [0.25, 0.3) is 0 Å². The second-order valence-electron chi connectivity index (χ2n) is 9.11. The van der Waals surface area contributed by atoms with Gasteiger partial charge in [0.05, 0.1) is 10.6 Å². The molecule has 0 spiro atoms. The molecule has 0 bridgehead atoms. The summed E-state index contributed by atoms with van der Waals surface area (Å²) < 4.78 is 39.4. The Hall–Kier alpha value is -4.21. The molecule has 0 fully saturated rings. The van der Waals surface area contributed by atoms with E-state index >= 15 is 4.39 Å². The van der Waals surface area contributed by atoms with Crippen molar-refractivity contribution < 1.29 is 22.4 Å². The monoisotopic (exact) mass is 579 g/mol. The minimum Gasteiger partial charge on any atom is -0.322 e. The normalized spacial score (nSPS) is 11.1. The summed E-state index contributed by atoms with van der Waals surface area (Å²) in [5, 5.41) is 5.79. The van der Waals surface area contributed by atoms with Crippen molar-refractivity contribution in [2.75, 3.05) is 30.0 Å². The minimum atomic E-state index is -3.54. The Morgan fingerprint density at radius 2 is 1.55 bits per heavy atom. The highest BCUT2D eigenvalue weighted by molar-refractivity contribution is 7.90. The summed E-state index contributed by atoms with van der Waals surface area (Å²) in [5.41, 5.74) is 2.11. The topological polar surface area (TPSA) is 95.6 Å². The van der Waals surface area contributed by atoms with Gasteiger partial charge in [0.2, 0.25) is 5.91 Å². The van der Waals surface area contributed by atoms with Crippen molar-refractivity contribution in [3.63, 3.8) is 0 Å². The molecule has 4 rings (SSSR count). The largest absolute Gasteiger partial charge is 0.322 e. The summed E-state index contributed by atoms with van der Waals surface area (Å²) in [6, 6.07) is 26.0. The standard InChI is InChI=1S/C30H27ClFN3O4S/c1-40(38,39)28-10-6-5-9-25(28)22-11-16-27(26(32)19-22)34-29(36)20-35(18-17-21-7-3-2-4-8-21)30(37)33-24-14-12-23(31)13-15-24/h2-16,19H,17-18,20H2,1H3,(H,33,37)(H,34,36). The molecule has 4 aromatic carbocycles. The fraction of sp³-hybridized carbons (Fsp3) is 0.133. The lowest BCUT2D eigenvalue weighted by Crippen LogP contribution is -2.41. The van der Waals surface area contributed by atoms with Crippen LogP contribution < -0.4 is 10.6 Å². The number of nitrogens with zero attached hydrogens (tertiary/aromatic N) is 1. The van der Waals surface area contributed by atoms with Crippen molar-refractivity contribution in [2.24, 2.45) is 0 Å². The molecule has 10 heteroatoms. The van der Waals surface area contributed by atoms with Crippen LogP contribution in [0.25, 0.3) is 11.1 Å². The van der Waals surface area contributed by atoms with E-state index in [1.807, 2.05) is 30.3 Å². The number of benzene rings is 4. The van der Waals surface area contributed by atoms with Gasteiger partial charge in [0.15, 0.2) is 9.84 Å². The van der Waals surface area contributed by atoms with Gasteiger partial charge in [-0.1, -0.05) is 66.2 Å². The molecule has 0 saturated heterocycles. The van der Waals surface area contributed by atoms with Crippen LogP contribution in [0.2, 0.25) is 5.02 Å². The third-order valence-corrected chi connectivity index (χ3v) is 7.48. The molecule has 0 saturated carbocycles. The maximum absolute atomic E-state index is 15.0. The Morgan fingerprint density at radius 3 is 2.23 bits per heavy atom. The second-order valence-corrected chi connectivity index (χ2v) is 11.5. The van der Waals surface area contributed by atoms with Gasteiger partial charge >= 0.3 is 6.03 Å². The molecule has 2 N–H and O–H groups in total. The molecule has 0 aliphatic carbocycles. The van der Waals surface area contributed by atoms with Gasteiger partial charge in [-0.2, -0.15) is 0 Å². The highest BCUT2D eigenvalue weighted by Crippen LogP contribution is 2.30. The van der Waals surface area contributed by atoms with Gasteiger partial charge in [-0.25, -0.2) is 17.6 Å². The zero-order valence-corrected chi connectivity index (χ0v) is 23.2. The number of sulfone groups is 1. The van der Waals surface area contributed by atoms with E-state index in [1.54, 1.807) is 42.5 Å². The maximum atomic E-state index is 15.0. The molecule has 40 heavy (non-hydrogen) atoms. The Morgan fingerprint density at radius 1 is 0.875 bits per heavy atom. The summed E-state index contributed by atoms with van der Waals surface area (Å²) in [6.07, 6.45) is 1.59. The van der Waals surface area contributed by atoms with Crippen LogP contribution in [0.5, 0.6) is 0 Å². The van der Waals surface area contributed by atoms with Gasteiger partial charge in [-0.05, 0) is 60.0 Å². The van der Waals surface area contributed by atoms with E-state index in [1.165, 1.54) is 29.2 Å². The zero-order valence-electron chi connectivity index (χ0n) is 21.6. The molecule has 0 unspecified atom stereocenters. The van der Waals surface area contributed by atoms with Crippen molar-refractivity contribution in [1.82, 2.24) is 4.90 Å². The predicted octanol–water partition coefficient (Wildman–Crippen LogP) is 6.26. The third kappa shape index (κ3) is 7.68. The van der Waals surface area contributed by atoms with E-state index in [0.29, 0.717) is 28.3 Å². The van der Waals surface area contributed by atoms with Crippen LogP contribution in [0.4, 0.5) is 20.6 Å². The Bertz CT molecular complexity index is 1610. The van der Waals surface area contributed by atoms with Crippen LogP contribution in [0.1, 0.15) is 5.56 Å². The number of amides is 3. The smallest absolute Gasteiger partial charge is 0.322 e.